The highest BCUT2D eigenvalue weighted by molar-refractivity contribution is 5.09. The summed E-state index contributed by atoms with van der Waals surface area (Å²) in [6.07, 6.45) is -3.43. The number of halogens is 4. The first kappa shape index (κ1) is 8.69. The highest BCUT2D eigenvalue weighted by Crippen LogP contribution is 2.27. The van der Waals surface area contributed by atoms with Crippen molar-refractivity contribution in [1.29, 1.82) is 0 Å². The Balaban J connectivity index is 3.02. The molecule has 0 atom stereocenters. The van der Waals surface area contributed by atoms with Crippen molar-refractivity contribution in [2.75, 3.05) is 0 Å². The van der Waals surface area contributed by atoms with Crippen molar-refractivity contribution in [2.45, 2.75) is 6.18 Å². The molecule has 0 bridgehead atoms. The highest BCUT2D eigenvalue weighted by atomic mass is 19.4. The molecule has 1 heterocycles. The minimum atomic E-state index is -4.64. The average molecular weight is 182 g/mol. The molecule has 1 aromatic heterocycles. The molecular weight excluding hydrogens is 180 g/mol. The Bertz CT molecular complexity index is 274. The van der Waals surface area contributed by atoms with Crippen molar-refractivity contribution >= 4 is 0 Å². The van der Waals surface area contributed by atoms with Crippen LogP contribution in [0.2, 0.25) is 0 Å². The molecule has 7 heteroatoms. The van der Waals surface area contributed by atoms with Crippen LogP contribution < -0.4 is 4.94 Å². The van der Waals surface area contributed by atoms with Crippen LogP contribution in [0.25, 0.3) is 0 Å². The minimum Gasteiger partial charge on any atom is -0.272 e. The first-order valence-electron chi connectivity index (χ1n) is 2.72. The molecule has 0 saturated heterocycles. The molecule has 0 aromatic carbocycles. The lowest BCUT2D eigenvalue weighted by Gasteiger charge is -2.03. The largest absolute Gasteiger partial charge is 0.435 e. The van der Waals surface area contributed by atoms with Gasteiger partial charge in [-0.05, 0) is 0 Å². The molecule has 1 rings (SSSR count). The average Bonchev–Trinajstić information content (AvgIpc) is 2.03. The van der Waals surface area contributed by atoms with E-state index in [9.17, 15) is 17.7 Å². The third kappa shape index (κ3) is 1.80. The first-order chi connectivity index (χ1) is 5.54. The van der Waals surface area contributed by atoms with Gasteiger partial charge >= 0.3 is 6.18 Å². The second kappa shape index (κ2) is 2.92. The number of alkyl halides is 3. The van der Waals surface area contributed by atoms with E-state index < -0.39 is 17.8 Å². The van der Waals surface area contributed by atoms with Gasteiger partial charge in [0.15, 0.2) is 5.69 Å². The summed E-state index contributed by atoms with van der Waals surface area (Å²) in [5.74, 6) is -0.815. The summed E-state index contributed by atoms with van der Waals surface area (Å²) in [5.41, 5.74) is -1.29. The van der Waals surface area contributed by atoms with Crippen molar-refractivity contribution in [1.82, 2.24) is 9.97 Å². The lowest BCUT2D eigenvalue weighted by Crippen LogP contribution is -2.08. The zero-order valence-corrected chi connectivity index (χ0v) is 5.47. The molecule has 0 spiro atoms. The van der Waals surface area contributed by atoms with Gasteiger partial charge in [-0.15, -0.1) is 0 Å². The maximum Gasteiger partial charge on any atom is 0.435 e. The zero-order valence-electron chi connectivity index (χ0n) is 5.47. The number of hydrogen-bond acceptors (Lipinski definition) is 3. The summed E-state index contributed by atoms with van der Waals surface area (Å²) in [6, 6.07) is 0. The third-order valence-corrected chi connectivity index (χ3v) is 0.982. The molecular formula is C5H2F4N2O. The fourth-order valence-electron chi connectivity index (χ4n) is 0.522. The van der Waals surface area contributed by atoms with Gasteiger partial charge in [-0.2, -0.15) is 13.2 Å². The van der Waals surface area contributed by atoms with Crippen LogP contribution in [0.15, 0.2) is 12.4 Å². The molecule has 3 nitrogen and oxygen atoms in total. The standard InChI is InChI=1S/C5H2F4N2O/c6-5(7,8)3-1-10-2-4(11-3)12-9/h1-2H. The molecule has 0 N–H and O–H groups in total. The smallest absolute Gasteiger partial charge is 0.272 e. The summed E-state index contributed by atoms with van der Waals surface area (Å²) < 4.78 is 46.8. The fourth-order valence-corrected chi connectivity index (χ4v) is 0.522. The monoisotopic (exact) mass is 182 g/mol. The number of aromatic nitrogens is 2. The van der Waals surface area contributed by atoms with E-state index in [2.05, 4.69) is 14.9 Å². The second-order valence-electron chi connectivity index (χ2n) is 1.82. The molecule has 0 amide bonds. The van der Waals surface area contributed by atoms with Gasteiger partial charge in [0.25, 0.3) is 5.88 Å². The van der Waals surface area contributed by atoms with Gasteiger partial charge in [0.2, 0.25) is 0 Å². The van der Waals surface area contributed by atoms with Crippen LogP contribution in [-0.2, 0) is 6.18 Å². The van der Waals surface area contributed by atoms with E-state index in [1.165, 1.54) is 0 Å². The van der Waals surface area contributed by atoms with E-state index in [4.69, 9.17) is 0 Å². The molecule has 0 radical (unpaired) electrons. The fraction of sp³-hybridized carbons (Fsp3) is 0.200. The van der Waals surface area contributed by atoms with Crippen LogP contribution in [0, 0.1) is 0 Å². The van der Waals surface area contributed by atoms with E-state index in [1.807, 2.05) is 0 Å². The Morgan fingerprint density at radius 3 is 2.42 bits per heavy atom. The summed E-state index contributed by atoms with van der Waals surface area (Å²) in [6.45, 7) is 0. The molecule has 0 aliphatic rings. The lowest BCUT2D eigenvalue weighted by atomic mass is 10.4. The molecule has 0 fully saturated rings. The lowest BCUT2D eigenvalue weighted by molar-refractivity contribution is -0.142. The van der Waals surface area contributed by atoms with Gasteiger partial charge in [0.1, 0.15) is 0 Å². The van der Waals surface area contributed by atoms with Crippen molar-refractivity contribution in [3.05, 3.63) is 18.1 Å². The Morgan fingerprint density at radius 2 is 1.92 bits per heavy atom. The summed E-state index contributed by atoms with van der Waals surface area (Å²) in [5, 5.41) is 0. The molecule has 0 saturated carbocycles. The molecule has 66 valence electrons. The van der Waals surface area contributed by atoms with E-state index in [1.54, 1.807) is 0 Å². The second-order valence-corrected chi connectivity index (χ2v) is 1.82. The summed E-state index contributed by atoms with van der Waals surface area (Å²) >= 11 is 0. The van der Waals surface area contributed by atoms with Gasteiger partial charge in [-0.1, -0.05) is 0 Å². The van der Waals surface area contributed by atoms with Gasteiger partial charge in [0, 0.05) is 4.53 Å². The van der Waals surface area contributed by atoms with E-state index in [0.29, 0.717) is 6.20 Å². The zero-order chi connectivity index (χ0) is 9.19. The van der Waals surface area contributed by atoms with Crippen LogP contribution in [-0.4, -0.2) is 9.97 Å². The van der Waals surface area contributed by atoms with Gasteiger partial charge in [0.05, 0.1) is 12.4 Å². The summed E-state index contributed by atoms with van der Waals surface area (Å²) in [7, 11) is 0. The SMILES string of the molecule is FOc1cncc(C(F)(F)F)n1. The van der Waals surface area contributed by atoms with Gasteiger partial charge in [-0.3, -0.25) is 9.93 Å². The van der Waals surface area contributed by atoms with E-state index in [-0.39, 0.29) is 0 Å². The van der Waals surface area contributed by atoms with Crippen LogP contribution >= 0.6 is 0 Å². The molecule has 0 aliphatic heterocycles. The Kier molecular flexibility index (Phi) is 2.11. The van der Waals surface area contributed by atoms with E-state index in [0.717, 1.165) is 6.20 Å². The van der Waals surface area contributed by atoms with Gasteiger partial charge in [-0.25, -0.2) is 4.98 Å². The Labute approximate surface area is 63.9 Å². The van der Waals surface area contributed by atoms with Crippen molar-refractivity contribution in [3.8, 4) is 5.88 Å². The van der Waals surface area contributed by atoms with Gasteiger partial charge < -0.3 is 0 Å². The molecule has 12 heavy (non-hydrogen) atoms. The quantitative estimate of drug-likeness (QED) is 0.620. The van der Waals surface area contributed by atoms with Crippen LogP contribution in [0.1, 0.15) is 5.69 Å². The highest BCUT2D eigenvalue weighted by Gasteiger charge is 2.33. The topological polar surface area (TPSA) is 35.0 Å². The third-order valence-electron chi connectivity index (χ3n) is 0.982. The number of hydrogen-bond donors (Lipinski definition) is 0. The molecule has 0 aliphatic carbocycles. The Morgan fingerprint density at radius 1 is 1.25 bits per heavy atom. The van der Waals surface area contributed by atoms with Crippen LogP contribution in [0.5, 0.6) is 5.88 Å². The summed E-state index contributed by atoms with van der Waals surface area (Å²) in [4.78, 5) is 8.83. The van der Waals surface area contributed by atoms with Crippen molar-refractivity contribution in [2.24, 2.45) is 0 Å². The van der Waals surface area contributed by atoms with Crippen molar-refractivity contribution in [3.63, 3.8) is 0 Å². The number of nitrogens with zero attached hydrogens (tertiary/aromatic N) is 2. The molecule has 0 unspecified atom stereocenters. The van der Waals surface area contributed by atoms with E-state index >= 15 is 0 Å². The molecule has 1 aromatic rings. The van der Waals surface area contributed by atoms with Crippen LogP contribution in [0.4, 0.5) is 17.7 Å². The Hall–Kier alpha value is -1.40. The van der Waals surface area contributed by atoms with Crippen molar-refractivity contribution < 1.29 is 22.6 Å². The maximum atomic E-state index is 11.8. The number of rotatable bonds is 1. The normalized spacial score (nSPS) is 11.3. The predicted molar refractivity (Wildman–Crippen MR) is 28.8 cm³/mol. The first-order valence-corrected chi connectivity index (χ1v) is 2.72. The maximum absolute atomic E-state index is 11.8. The minimum absolute atomic E-state index is 0.475. The van der Waals surface area contributed by atoms with Crippen LogP contribution in [0.3, 0.4) is 0 Å². The predicted octanol–water partition coefficient (Wildman–Crippen LogP) is 1.76.